The molecule has 0 saturated carbocycles. The number of pyridine rings is 1. The average molecular weight is 425 g/mol. The van der Waals surface area contributed by atoms with Crippen LogP contribution >= 0.6 is 15.9 Å². The minimum Gasteiger partial charge on any atom is -0.236 e. The second-order valence-corrected chi connectivity index (χ2v) is 7.55. The molecule has 0 atom stereocenters. The van der Waals surface area contributed by atoms with E-state index in [-0.39, 0.29) is 0 Å². The van der Waals surface area contributed by atoms with Crippen LogP contribution in [0.3, 0.4) is 0 Å². The Morgan fingerprint density at radius 1 is 0.786 bits per heavy atom. The number of rotatable bonds is 3. The lowest BCUT2D eigenvalue weighted by molar-refractivity contribution is 1.26. The lowest BCUT2D eigenvalue weighted by Gasteiger charge is -2.15. The molecule has 0 spiro atoms. The molecule has 0 unspecified atom stereocenters. The number of benzene rings is 3. The van der Waals surface area contributed by atoms with Crippen LogP contribution in [0.4, 0.5) is 0 Å². The Hall–Kier alpha value is -3.22. The SMILES string of the molecule is Cc1ccc(-c2cc(-c3cccc(Br)c3)c(-c3ccccc3)c(C#N)n2)cc1. The second kappa shape index (κ2) is 7.80. The molecule has 0 N–H and O–H groups in total. The van der Waals surface area contributed by atoms with Crippen molar-refractivity contribution >= 4 is 15.9 Å². The molecule has 4 aromatic rings. The molecular weight excluding hydrogens is 408 g/mol. The maximum Gasteiger partial charge on any atom is 0.149 e. The molecule has 0 bridgehead atoms. The zero-order valence-electron chi connectivity index (χ0n) is 15.4. The van der Waals surface area contributed by atoms with Gasteiger partial charge in [0, 0.05) is 15.6 Å². The van der Waals surface area contributed by atoms with Crippen LogP contribution in [0.5, 0.6) is 0 Å². The van der Waals surface area contributed by atoms with E-state index in [4.69, 9.17) is 4.98 Å². The van der Waals surface area contributed by atoms with Gasteiger partial charge in [0.15, 0.2) is 0 Å². The highest BCUT2D eigenvalue weighted by atomic mass is 79.9. The van der Waals surface area contributed by atoms with Gasteiger partial charge in [-0.1, -0.05) is 88.2 Å². The summed E-state index contributed by atoms with van der Waals surface area (Å²) in [5, 5.41) is 9.90. The minimum absolute atomic E-state index is 0.430. The van der Waals surface area contributed by atoms with Crippen molar-refractivity contribution in [2.45, 2.75) is 6.92 Å². The molecule has 2 nitrogen and oxygen atoms in total. The molecule has 134 valence electrons. The van der Waals surface area contributed by atoms with E-state index in [9.17, 15) is 5.26 Å². The number of aryl methyl sites for hydroxylation is 1. The smallest absolute Gasteiger partial charge is 0.149 e. The van der Waals surface area contributed by atoms with Crippen LogP contribution in [0, 0.1) is 18.3 Å². The minimum atomic E-state index is 0.430. The molecule has 0 aliphatic rings. The Labute approximate surface area is 173 Å². The van der Waals surface area contributed by atoms with Gasteiger partial charge in [-0.25, -0.2) is 4.98 Å². The monoisotopic (exact) mass is 424 g/mol. The van der Waals surface area contributed by atoms with Gasteiger partial charge < -0.3 is 0 Å². The molecule has 3 aromatic carbocycles. The van der Waals surface area contributed by atoms with Crippen molar-refractivity contribution in [3.8, 4) is 39.6 Å². The van der Waals surface area contributed by atoms with Crippen LogP contribution in [0.2, 0.25) is 0 Å². The molecule has 0 amide bonds. The molecule has 4 rings (SSSR count). The Bertz CT molecular complexity index is 1170. The Morgan fingerprint density at radius 2 is 1.50 bits per heavy atom. The topological polar surface area (TPSA) is 36.7 Å². The van der Waals surface area contributed by atoms with Crippen LogP contribution in [0.15, 0.2) is 89.4 Å². The number of nitriles is 1. The summed E-state index contributed by atoms with van der Waals surface area (Å²) in [4.78, 5) is 4.70. The van der Waals surface area contributed by atoms with E-state index in [1.54, 1.807) is 0 Å². The van der Waals surface area contributed by atoms with E-state index in [0.29, 0.717) is 5.69 Å². The highest BCUT2D eigenvalue weighted by molar-refractivity contribution is 9.10. The zero-order chi connectivity index (χ0) is 19.5. The third-order valence-corrected chi connectivity index (χ3v) is 5.16. The van der Waals surface area contributed by atoms with Gasteiger partial charge in [-0.2, -0.15) is 5.26 Å². The van der Waals surface area contributed by atoms with Crippen molar-refractivity contribution in [3.05, 3.63) is 101 Å². The third kappa shape index (κ3) is 3.60. The normalized spacial score (nSPS) is 10.5. The maximum absolute atomic E-state index is 9.90. The molecule has 0 radical (unpaired) electrons. The number of hydrogen-bond acceptors (Lipinski definition) is 2. The quantitative estimate of drug-likeness (QED) is 0.354. The fraction of sp³-hybridized carbons (Fsp3) is 0.0400. The predicted octanol–water partition coefficient (Wildman–Crippen LogP) is 7.03. The Balaban J connectivity index is 2.03. The molecule has 1 aromatic heterocycles. The highest BCUT2D eigenvalue weighted by Crippen LogP contribution is 2.37. The summed E-state index contributed by atoms with van der Waals surface area (Å²) in [6.07, 6.45) is 0. The standard InChI is InChI=1S/C25H17BrN2/c1-17-10-12-18(13-11-17)23-15-22(20-8-5-9-21(26)14-20)25(24(16-27)28-23)19-6-3-2-4-7-19/h2-15H,1H3. The van der Waals surface area contributed by atoms with Gasteiger partial charge in [0.1, 0.15) is 11.8 Å². The zero-order valence-corrected chi connectivity index (χ0v) is 16.9. The number of halogens is 1. The summed E-state index contributed by atoms with van der Waals surface area (Å²) in [6.45, 7) is 2.06. The molecule has 0 aliphatic carbocycles. The van der Waals surface area contributed by atoms with Gasteiger partial charge in [-0.05, 0) is 41.8 Å². The van der Waals surface area contributed by atoms with E-state index in [2.05, 4.69) is 59.3 Å². The molecule has 0 aliphatic heterocycles. The van der Waals surface area contributed by atoms with E-state index in [0.717, 1.165) is 38.0 Å². The number of nitrogens with zero attached hydrogens (tertiary/aromatic N) is 2. The lowest BCUT2D eigenvalue weighted by Crippen LogP contribution is -1.97. The van der Waals surface area contributed by atoms with Gasteiger partial charge in [-0.15, -0.1) is 0 Å². The molecule has 0 saturated heterocycles. The van der Waals surface area contributed by atoms with Gasteiger partial charge in [0.05, 0.1) is 5.69 Å². The van der Waals surface area contributed by atoms with Gasteiger partial charge >= 0.3 is 0 Å². The number of aromatic nitrogens is 1. The van der Waals surface area contributed by atoms with Crippen LogP contribution in [-0.4, -0.2) is 4.98 Å². The highest BCUT2D eigenvalue weighted by Gasteiger charge is 2.17. The van der Waals surface area contributed by atoms with Crippen LogP contribution in [-0.2, 0) is 0 Å². The summed E-state index contributed by atoms with van der Waals surface area (Å²) in [5.74, 6) is 0. The Kier molecular flexibility index (Phi) is 5.06. The fourth-order valence-electron chi connectivity index (χ4n) is 3.28. The lowest BCUT2D eigenvalue weighted by atomic mass is 9.92. The van der Waals surface area contributed by atoms with E-state index in [1.807, 2.05) is 54.6 Å². The van der Waals surface area contributed by atoms with Crippen molar-refractivity contribution in [2.24, 2.45) is 0 Å². The van der Waals surface area contributed by atoms with Crippen molar-refractivity contribution < 1.29 is 0 Å². The summed E-state index contributed by atoms with van der Waals surface area (Å²) in [5.41, 5.74) is 7.30. The van der Waals surface area contributed by atoms with Crippen LogP contribution < -0.4 is 0 Å². The first-order valence-corrected chi connectivity index (χ1v) is 9.78. The molecule has 28 heavy (non-hydrogen) atoms. The van der Waals surface area contributed by atoms with Crippen molar-refractivity contribution in [1.29, 1.82) is 5.26 Å². The van der Waals surface area contributed by atoms with Gasteiger partial charge in [0.2, 0.25) is 0 Å². The molecule has 1 heterocycles. The van der Waals surface area contributed by atoms with E-state index < -0.39 is 0 Å². The van der Waals surface area contributed by atoms with Gasteiger partial charge in [0.25, 0.3) is 0 Å². The largest absolute Gasteiger partial charge is 0.236 e. The Morgan fingerprint density at radius 3 is 2.18 bits per heavy atom. The van der Waals surface area contributed by atoms with Gasteiger partial charge in [-0.3, -0.25) is 0 Å². The van der Waals surface area contributed by atoms with Crippen molar-refractivity contribution in [1.82, 2.24) is 4.98 Å². The summed E-state index contributed by atoms with van der Waals surface area (Å²) >= 11 is 3.57. The first-order valence-electron chi connectivity index (χ1n) is 8.99. The molecular formula is C25H17BrN2. The third-order valence-electron chi connectivity index (χ3n) is 4.67. The van der Waals surface area contributed by atoms with E-state index >= 15 is 0 Å². The van der Waals surface area contributed by atoms with Crippen molar-refractivity contribution in [3.63, 3.8) is 0 Å². The second-order valence-electron chi connectivity index (χ2n) is 6.63. The fourth-order valence-corrected chi connectivity index (χ4v) is 3.68. The number of hydrogen-bond donors (Lipinski definition) is 0. The first-order chi connectivity index (χ1) is 13.7. The molecule has 3 heteroatoms. The van der Waals surface area contributed by atoms with Crippen LogP contribution in [0.25, 0.3) is 33.5 Å². The summed E-state index contributed by atoms with van der Waals surface area (Å²) in [6, 6.07) is 30.7. The maximum atomic E-state index is 9.90. The predicted molar refractivity (Wildman–Crippen MR) is 118 cm³/mol. The van der Waals surface area contributed by atoms with Crippen molar-refractivity contribution in [2.75, 3.05) is 0 Å². The average Bonchev–Trinajstić information content (AvgIpc) is 2.74. The summed E-state index contributed by atoms with van der Waals surface area (Å²) in [7, 11) is 0. The molecule has 0 fully saturated rings. The van der Waals surface area contributed by atoms with E-state index in [1.165, 1.54) is 5.56 Å². The first kappa shape index (κ1) is 18.2. The summed E-state index contributed by atoms with van der Waals surface area (Å²) < 4.78 is 0.996. The van der Waals surface area contributed by atoms with Crippen LogP contribution in [0.1, 0.15) is 11.3 Å².